The van der Waals surface area contributed by atoms with E-state index in [4.69, 9.17) is 4.74 Å². The highest BCUT2D eigenvalue weighted by molar-refractivity contribution is 4.98. The molecule has 2 unspecified atom stereocenters. The number of rotatable bonds is 1. The smallest absolute Gasteiger partial charge is 0.0661 e. The molecule has 2 saturated heterocycles. The topological polar surface area (TPSA) is 29.5 Å². The number of aliphatic hydroxyl groups excluding tert-OH is 1. The van der Waals surface area contributed by atoms with E-state index < -0.39 is 0 Å². The van der Waals surface area contributed by atoms with Crippen LogP contribution in [0.3, 0.4) is 0 Å². The van der Waals surface area contributed by atoms with Crippen molar-refractivity contribution >= 4 is 0 Å². The van der Waals surface area contributed by atoms with Gasteiger partial charge in [-0.3, -0.25) is 0 Å². The number of fused-ring (bicyclic) bond motifs is 3. The Morgan fingerprint density at radius 2 is 2.15 bits per heavy atom. The van der Waals surface area contributed by atoms with Crippen molar-refractivity contribution in [3.8, 4) is 0 Å². The van der Waals surface area contributed by atoms with E-state index in [1.54, 1.807) is 0 Å². The number of aliphatic hydroxyl groups is 1. The minimum Gasteiger partial charge on any atom is -0.393 e. The van der Waals surface area contributed by atoms with Crippen LogP contribution in [0.2, 0.25) is 0 Å². The van der Waals surface area contributed by atoms with Crippen LogP contribution in [-0.4, -0.2) is 23.4 Å². The third kappa shape index (κ3) is 1.50. The average Bonchev–Trinajstić information content (AvgIpc) is 2.02. The predicted octanol–water partition coefficient (Wildman–Crippen LogP) is 1.82. The predicted molar refractivity (Wildman–Crippen MR) is 51.4 cm³/mol. The molecule has 0 aromatic carbocycles. The lowest BCUT2D eigenvalue weighted by Crippen LogP contribution is -2.54. The summed E-state index contributed by atoms with van der Waals surface area (Å²) < 4.78 is 5.80. The first-order valence-electron chi connectivity index (χ1n) is 5.34. The average molecular weight is 184 g/mol. The molecule has 2 heterocycles. The van der Waals surface area contributed by atoms with Crippen molar-refractivity contribution in [2.24, 2.45) is 17.8 Å². The molecular formula is C11H20O2. The molecule has 13 heavy (non-hydrogen) atoms. The van der Waals surface area contributed by atoms with E-state index in [1.165, 1.54) is 6.42 Å². The maximum Gasteiger partial charge on any atom is 0.0661 e. The molecule has 1 aliphatic carbocycles. The summed E-state index contributed by atoms with van der Waals surface area (Å²) in [5.41, 5.74) is 0.0514. The number of ether oxygens (including phenoxy) is 1. The van der Waals surface area contributed by atoms with Crippen LogP contribution in [0.4, 0.5) is 0 Å². The summed E-state index contributed by atoms with van der Waals surface area (Å²) in [5.74, 6) is 1.76. The van der Waals surface area contributed by atoms with Crippen LogP contribution < -0.4 is 0 Å². The second-order valence-corrected chi connectivity index (χ2v) is 5.21. The highest BCUT2D eigenvalue weighted by Gasteiger charge is 2.48. The zero-order chi connectivity index (χ0) is 9.64. The van der Waals surface area contributed by atoms with Crippen molar-refractivity contribution in [1.29, 1.82) is 0 Å². The van der Waals surface area contributed by atoms with E-state index in [2.05, 4.69) is 13.8 Å². The monoisotopic (exact) mass is 184 g/mol. The van der Waals surface area contributed by atoms with Gasteiger partial charge in [0.2, 0.25) is 0 Å². The van der Waals surface area contributed by atoms with E-state index in [1.807, 2.05) is 6.92 Å². The van der Waals surface area contributed by atoms with Crippen molar-refractivity contribution in [2.45, 2.75) is 45.3 Å². The van der Waals surface area contributed by atoms with Gasteiger partial charge in [-0.1, -0.05) is 6.92 Å². The molecule has 0 radical (unpaired) electrons. The zero-order valence-electron chi connectivity index (χ0n) is 8.79. The van der Waals surface area contributed by atoms with Crippen molar-refractivity contribution in [2.75, 3.05) is 6.61 Å². The molecular weight excluding hydrogens is 164 g/mol. The van der Waals surface area contributed by atoms with Gasteiger partial charge in [0.15, 0.2) is 0 Å². The van der Waals surface area contributed by atoms with Gasteiger partial charge in [-0.25, -0.2) is 0 Å². The normalized spacial score (nSPS) is 52.2. The molecule has 76 valence electrons. The quantitative estimate of drug-likeness (QED) is 0.673. The van der Waals surface area contributed by atoms with E-state index in [-0.39, 0.29) is 11.7 Å². The van der Waals surface area contributed by atoms with Gasteiger partial charge in [0.05, 0.1) is 18.3 Å². The largest absolute Gasteiger partial charge is 0.393 e. The Morgan fingerprint density at radius 1 is 1.46 bits per heavy atom. The molecule has 0 amide bonds. The van der Waals surface area contributed by atoms with Crippen molar-refractivity contribution in [3.05, 3.63) is 0 Å². The van der Waals surface area contributed by atoms with Crippen LogP contribution in [0.5, 0.6) is 0 Å². The van der Waals surface area contributed by atoms with E-state index >= 15 is 0 Å². The van der Waals surface area contributed by atoms with Gasteiger partial charge in [-0.05, 0) is 44.4 Å². The summed E-state index contributed by atoms with van der Waals surface area (Å²) in [4.78, 5) is 0. The van der Waals surface area contributed by atoms with Crippen molar-refractivity contribution < 1.29 is 9.84 Å². The Kier molecular flexibility index (Phi) is 2.16. The molecule has 0 aromatic heterocycles. The molecule has 1 N–H and O–H groups in total. The summed E-state index contributed by atoms with van der Waals surface area (Å²) >= 11 is 0. The zero-order valence-corrected chi connectivity index (χ0v) is 8.79. The SMILES string of the molecule is CC(O)C1C[C@]2(C)C[C@@H](C)[C@H]1CO2. The van der Waals surface area contributed by atoms with Gasteiger partial charge in [-0.2, -0.15) is 0 Å². The summed E-state index contributed by atoms with van der Waals surface area (Å²) in [5, 5.41) is 9.68. The van der Waals surface area contributed by atoms with Crippen LogP contribution in [0.1, 0.15) is 33.6 Å². The molecule has 3 rings (SSSR count). The van der Waals surface area contributed by atoms with Gasteiger partial charge in [-0.15, -0.1) is 0 Å². The van der Waals surface area contributed by atoms with Gasteiger partial charge in [0.1, 0.15) is 0 Å². The summed E-state index contributed by atoms with van der Waals surface area (Å²) in [6, 6.07) is 0. The van der Waals surface area contributed by atoms with E-state index in [9.17, 15) is 5.11 Å². The second-order valence-electron chi connectivity index (χ2n) is 5.21. The lowest BCUT2D eigenvalue weighted by molar-refractivity contribution is -0.195. The van der Waals surface area contributed by atoms with Crippen molar-refractivity contribution in [3.63, 3.8) is 0 Å². The van der Waals surface area contributed by atoms with Crippen LogP contribution in [0.25, 0.3) is 0 Å². The molecule has 0 spiro atoms. The molecule has 3 aliphatic rings. The third-order valence-electron chi connectivity index (χ3n) is 3.95. The summed E-state index contributed by atoms with van der Waals surface area (Å²) in [6.07, 6.45) is 2.04. The maximum atomic E-state index is 9.68. The highest BCUT2D eigenvalue weighted by atomic mass is 16.5. The van der Waals surface area contributed by atoms with Crippen LogP contribution in [0.15, 0.2) is 0 Å². The first-order valence-corrected chi connectivity index (χ1v) is 5.34. The fraction of sp³-hybridized carbons (Fsp3) is 1.00. The Balaban J connectivity index is 2.17. The Hall–Kier alpha value is -0.0800. The van der Waals surface area contributed by atoms with Crippen LogP contribution in [-0.2, 0) is 4.74 Å². The van der Waals surface area contributed by atoms with Gasteiger partial charge >= 0.3 is 0 Å². The molecule has 2 heteroatoms. The fourth-order valence-electron chi connectivity index (χ4n) is 3.22. The minimum atomic E-state index is -0.170. The van der Waals surface area contributed by atoms with Gasteiger partial charge < -0.3 is 9.84 Å². The van der Waals surface area contributed by atoms with Crippen LogP contribution >= 0.6 is 0 Å². The minimum absolute atomic E-state index is 0.0514. The summed E-state index contributed by atoms with van der Waals surface area (Å²) in [6.45, 7) is 7.25. The van der Waals surface area contributed by atoms with E-state index in [0.29, 0.717) is 17.8 Å². The fourth-order valence-corrected chi connectivity index (χ4v) is 3.22. The Morgan fingerprint density at radius 3 is 2.62 bits per heavy atom. The highest BCUT2D eigenvalue weighted by Crippen LogP contribution is 2.48. The van der Waals surface area contributed by atoms with Crippen LogP contribution in [0, 0.1) is 17.8 Å². The maximum absolute atomic E-state index is 9.68. The first-order chi connectivity index (χ1) is 6.02. The number of hydrogen-bond donors (Lipinski definition) is 1. The van der Waals surface area contributed by atoms with Gasteiger partial charge in [0, 0.05) is 0 Å². The Labute approximate surface area is 80.3 Å². The first kappa shape index (κ1) is 9.47. The molecule has 3 fully saturated rings. The lowest BCUT2D eigenvalue weighted by atomic mass is 9.63. The van der Waals surface area contributed by atoms with Gasteiger partial charge in [0.25, 0.3) is 0 Å². The second kappa shape index (κ2) is 2.96. The number of hydrogen-bond acceptors (Lipinski definition) is 2. The van der Waals surface area contributed by atoms with Crippen molar-refractivity contribution in [1.82, 2.24) is 0 Å². The standard InChI is InChI=1S/C11H20O2/c1-7-4-11(3)5-9(8(2)12)10(7)6-13-11/h7-10,12H,4-6H2,1-3H3/t7-,8?,9?,10-,11+/m1/s1. The molecule has 0 aromatic rings. The Bertz CT molecular complexity index is 202. The van der Waals surface area contributed by atoms with E-state index in [0.717, 1.165) is 13.0 Å². The molecule has 2 bridgehead atoms. The third-order valence-corrected chi connectivity index (χ3v) is 3.95. The molecule has 5 atom stereocenters. The lowest BCUT2D eigenvalue weighted by Gasteiger charge is -2.53. The molecule has 1 saturated carbocycles. The summed E-state index contributed by atoms with van der Waals surface area (Å²) in [7, 11) is 0. The molecule has 2 aliphatic heterocycles. The molecule has 2 nitrogen and oxygen atoms in total.